The van der Waals surface area contributed by atoms with Crippen molar-refractivity contribution in [3.63, 3.8) is 0 Å². The highest BCUT2D eigenvalue weighted by Gasteiger charge is 2.16. The molecule has 0 heterocycles. The molecular formula is C41H68O5. The molecule has 0 aromatic rings. The topological polar surface area (TPSA) is 72.8 Å². The van der Waals surface area contributed by atoms with E-state index in [0.717, 1.165) is 83.5 Å². The van der Waals surface area contributed by atoms with Gasteiger partial charge >= 0.3 is 11.9 Å². The summed E-state index contributed by atoms with van der Waals surface area (Å²) in [6, 6.07) is 0. The summed E-state index contributed by atoms with van der Waals surface area (Å²) in [6.45, 7) is 3.95. The van der Waals surface area contributed by atoms with E-state index in [1.807, 2.05) is 0 Å². The molecule has 5 nitrogen and oxygen atoms in total. The lowest BCUT2D eigenvalue weighted by Crippen LogP contribution is -2.28. The van der Waals surface area contributed by atoms with Crippen LogP contribution in [0.3, 0.4) is 0 Å². The van der Waals surface area contributed by atoms with Crippen molar-refractivity contribution in [2.75, 3.05) is 13.2 Å². The number of hydrogen-bond donors (Lipinski definition) is 1. The molecular weight excluding hydrogens is 572 g/mol. The molecule has 46 heavy (non-hydrogen) atoms. The number of aliphatic hydroxyl groups excluding tert-OH is 1. The van der Waals surface area contributed by atoms with Crippen LogP contribution in [0.4, 0.5) is 0 Å². The molecule has 0 rings (SSSR count). The first-order valence-electron chi connectivity index (χ1n) is 18.5. The maximum Gasteiger partial charge on any atom is 0.306 e. The molecule has 262 valence electrons. The van der Waals surface area contributed by atoms with Crippen LogP contribution < -0.4 is 0 Å². The van der Waals surface area contributed by atoms with Crippen LogP contribution in [0.5, 0.6) is 0 Å². The molecule has 0 amide bonds. The number of ether oxygens (including phenoxy) is 2. The van der Waals surface area contributed by atoms with E-state index in [-0.39, 0.29) is 25.2 Å². The van der Waals surface area contributed by atoms with Crippen molar-refractivity contribution in [3.05, 3.63) is 72.9 Å². The van der Waals surface area contributed by atoms with Crippen molar-refractivity contribution in [3.8, 4) is 0 Å². The number of carbonyl (C=O) groups is 2. The molecule has 0 aliphatic rings. The van der Waals surface area contributed by atoms with Gasteiger partial charge in [-0.1, -0.05) is 132 Å². The second kappa shape index (κ2) is 36.8. The monoisotopic (exact) mass is 641 g/mol. The van der Waals surface area contributed by atoms with Crippen LogP contribution in [0.25, 0.3) is 0 Å². The smallest absolute Gasteiger partial charge is 0.306 e. The van der Waals surface area contributed by atoms with Crippen molar-refractivity contribution in [2.24, 2.45) is 0 Å². The molecule has 0 fully saturated rings. The van der Waals surface area contributed by atoms with Crippen LogP contribution in [0, 0.1) is 0 Å². The van der Waals surface area contributed by atoms with E-state index in [1.165, 1.54) is 44.9 Å². The number of hydrogen-bond acceptors (Lipinski definition) is 5. The lowest BCUT2D eigenvalue weighted by molar-refractivity contribution is -0.161. The highest BCUT2D eigenvalue weighted by atomic mass is 16.6. The molecule has 0 bridgehead atoms. The van der Waals surface area contributed by atoms with Gasteiger partial charge in [0.05, 0.1) is 6.61 Å². The summed E-state index contributed by atoms with van der Waals surface area (Å²) in [4.78, 5) is 24.2. The first-order chi connectivity index (χ1) is 22.6. The Balaban J connectivity index is 3.69. The van der Waals surface area contributed by atoms with Crippen LogP contribution >= 0.6 is 0 Å². The van der Waals surface area contributed by atoms with Gasteiger partial charge in [-0.25, -0.2) is 0 Å². The van der Waals surface area contributed by atoms with Gasteiger partial charge in [0, 0.05) is 12.8 Å². The van der Waals surface area contributed by atoms with Crippen LogP contribution in [0.1, 0.15) is 155 Å². The van der Waals surface area contributed by atoms with Gasteiger partial charge in [0.25, 0.3) is 0 Å². The molecule has 0 aliphatic carbocycles. The fourth-order valence-corrected chi connectivity index (χ4v) is 4.69. The SMILES string of the molecule is CC/C=C/C/C=C/C/C=C/C/C=C/C/C=C/CCCCCC(=O)O[C@@H](CO)COC(=O)CCCCCCC/C=C/CCCCCC. The molecule has 0 spiro atoms. The van der Waals surface area contributed by atoms with Crippen LogP contribution in [0.15, 0.2) is 72.9 Å². The summed E-state index contributed by atoms with van der Waals surface area (Å²) in [7, 11) is 0. The van der Waals surface area contributed by atoms with Gasteiger partial charge in [-0.2, -0.15) is 0 Å². The number of rotatable bonds is 32. The zero-order chi connectivity index (χ0) is 33.6. The minimum atomic E-state index is -0.794. The van der Waals surface area contributed by atoms with E-state index in [9.17, 15) is 14.7 Å². The minimum Gasteiger partial charge on any atom is -0.462 e. The zero-order valence-electron chi connectivity index (χ0n) is 29.6. The van der Waals surface area contributed by atoms with Crippen molar-refractivity contribution in [2.45, 2.75) is 161 Å². The van der Waals surface area contributed by atoms with Gasteiger partial charge in [-0.3, -0.25) is 9.59 Å². The molecule has 0 unspecified atom stereocenters. The van der Waals surface area contributed by atoms with Crippen LogP contribution in [-0.2, 0) is 19.1 Å². The highest BCUT2D eigenvalue weighted by molar-refractivity contribution is 5.70. The lowest BCUT2D eigenvalue weighted by Gasteiger charge is -2.15. The average Bonchev–Trinajstić information content (AvgIpc) is 3.06. The molecule has 0 aromatic carbocycles. The Labute approximate surface area is 283 Å². The Morgan fingerprint density at radius 2 is 0.935 bits per heavy atom. The fraction of sp³-hybridized carbons (Fsp3) is 0.659. The van der Waals surface area contributed by atoms with E-state index >= 15 is 0 Å². The molecule has 0 radical (unpaired) electrons. The second-order valence-corrected chi connectivity index (χ2v) is 11.9. The molecule has 0 aliphatic heterocycles. The van der Waals surface area contributed by atoms with Gasteiger partial charge in [-0.15, -0.1) is 0 Å². The van der Waals surface area contributed by atoms with Crippen molar-refractivity contribution < 1.29 is 24.2 Å². The van der Waals surface area contributed by atoms with E-state index in [0.29, 0.717) is 12.8 Å². The normalized spacial score (nSPS) is 13.0. The van der Waals surface area contributed by atoms with Crippen molar-refractivity contribution in [1.82, 2.24) is 0 Å². The summed E-state index contributed by atoms with van der Waals surface area (Å²) < 4.78 is 10.5. The van der Waals surface area contributed by atoms with Crippen molar-refractivity contribution in [1.29, 1.82) is 0 Å². The third-order valence-electron chi connectivity index (χ3n) is 7.48. The summed E-state index contributed by atoms with van der Waals surface area (Å²) >= 11 is 0. The fourth-order valence-electron chi connectivity index (χ4n) is 4.69. The summed E-state index contributed by atoms with van der Waals surface area (Å²) in [5.41, 5.74) is 0. The van der Waals surface area contributed by atoms with Gasteiger partial charge in [0.1, 0.15) is 6.61 Å². The first-order valence-corrected chi connectivity index (χ1v) is 18.5. The highest BCUT2D eigenvalue weighted by Crippen LogP contribution is 2.11. The number of unbranched alkanes of at least 4 members (excludes halogenated alkanes) is 12. The Bertz CT molecular complexity index is 864. The van der Waals surface area contributed by atoms with E-state index < -0.39 is 6.10 Å². The van der Waals surface area contributed by atoms with Gasteiger partial charge in [0.15, 0.2) is 6.10 Å². The zero-order valence-corrected chi connectivity index (χ0v) is 29.6. The maximum atomic E-state index is 12.1. The molecule has 1 N–H and O–H groups in total. The number of esters is 2. The largest absolute Gasteiger partial charge is 0.462 e. The van der Waals surface area contributed by atoms with Gasteiger partial charge in [0.2, 0.25) is 0 Å². The summed E-state index contributed by atoms with van der Waals surface area (Å²) in [5.74, 6) is -0.646. The van der Waals surface area contributed by atoms with E-state index in [2.05, 4.69) is 86.8 Å². The van der Waals surface area contributed by atoms with Crippen molar-refractivity contribution >= 4 is 11.9 Å². The third-order valence-corrected chi connectivity index (χ3v) is 7.48. The number of aliphatic hydroxyl groups is 1. The molecule has 0 saturated heterocycles. The molecule has 5 heteroatoms. The van der Waals surface area contributed by atoms with Gasteiger partial charge in [-0.05, 0) is 83.5 Å². The number of carbonyl (C=O) groups excluding carboxylic acids is 2. The second-order valence-electron chi connectivity index (χ2n) is 11.9. The average molecular weight is 641 g/mol. The third kappa shape index (κ3) is 34.2. The van der Waals surface area contributed by atoms with E-state index in [4.69, 9.17) is 9.47 Å². The molecule has 0 aromatic heterocycles. The van der Waals surface area contributed by atoms with E-state index in [1.54, 1.807) is 0 Å². The Morgan fingerprint density at radius 1 is 0.522 bits per heavy atom. The lowest BCUT2D eigenvalue weighted by atomic mass is 10.1. The van der Waals surface area contributed by atoms with Crippen LogP contribution in [0.2, 0.25) is 0 Å². The predicted molar refractivity (Wildman–Crippen MR) is 196 cm³/mol. The van der Waals surface area contributed by atoms with Gasteiger partial charge < -0.3 is 14.6 Å². The quantitative estimate of drug-likeness (QED) is 0.0450. The first kappa shape index (κ1) is 43.3. The Morgan fingerprint density at radius 3 is 1.46 bits per heavy atom. The summed E-state index contributed by atoms with van der Waals surface area (Å²) in [6.07, 6.45) is 48.1. The Hall–Kier alpha value is -2.66. The standard InChI is InChI=1S/C41H68O5/c1-3-5-7-9-11-13-15-17-18-19-20-21-22-24-26-28-30-32-34-36-41(44)46-39(37-42)38-45-40(43)35-33-31-29-27-25-23-16-14-12-10-8-6-4-2/h5,7,11,13-14,16-18,20-21,24,26,39,42H,3-4,6,8-10,12,15,19,22-23,25,27-38H2,1-2H3/b7-5+,13-11+,16-14+,18-17+,21-20+,26-24+/t39-/m0/s1. The summed E-state index contributed by atoms with van der Waals surface area (Å²) in [5, 5.41) is 9.53. The minimum absolute atomic E-state index is 0.0874. The van der Waals surface area contributed by atoms with Crippen LogP contribution in [-0.4, -0.2) is 36.4 Å². The maximum absolute atomic E-state index is 12.1. The predicted octanol–water partition coefficient (Wildman–Crippen LogP) is 11.4. The number of allylic oxidation sites excluding steroid dienone is 12. The Kier molecular flexibility index (Phi) is 34.7. The molecule has 0 saturated carbocycles. The molecule has 1 atom stereocenters.